The van der Waals surface area contributed by atoms with Crippen LogP contribution in [0.3, 0.4) is 0 Å². The van der Waals surface area contributed by atoms with Gasteiger partial charge >= 0.3 is 0 Å². The Morgan fingerprint density at radius 1 is 1.18 bits per heavy atom. The van der Waals surface area contributed by atoms with Crippen LogP contribution >= 0.6 is 0 Å². The van der Waals surface area contributed by atoms with Crippen LogP contribution < -0.4 is 5.73 Å². The molecule has 3 heteroatoms. The highest BCUT2D eigenvalue weighted by Crippen LogP contribution is 2.37. The monoisotopic (exact) mass is 234 g/mol. The van der Waals surface area contributed by atoms with Gasteiger partial charge in [-0.25, -0.2) is 4.39 Å². The average Bonchev–Trinajstić information content (AvgIpc) is 2.78. The van der Waals surface area contributed by atoms with Crippen LogP contribution in [-0.4, -0.2) is 24.0 Å². The topological polar surface area (TPSA) is 29.3 Å². The molecule has 3 rings (SSSR count). The Morgan fingerprint density at radius 2 is 1.82 bits per heavy atom. The zero-order valence-corrected chi connectivity index (χ0v) is 9.98. The van der Waals surface area contributed by atoms with Gasteiger partial charge < -0.3 is 5.73 Å². The van der Waals surface area contributed by atoms with E-state index < -0.39 is 0 Å². The van der Waals surface area contributed by atoms with E-state index in [-0.39, 0.29) is 5.82 Å². The average molecular weight is 234 g/mol. The Morgan fingerprint density at radius 3 is 2.47 bits per heavy atom. The standard InChI is InChI=1S/C14H19FN2/c15-14-4-2-1-3-10(14)7-17-8-11-5-13(16)6-12(11)9-17/h1-4,11-13H,5-9,16H2/t11-,12+,13+. The first kappa shape index (κ1) is 11.2. The van der Waals surface area contributed by atoms with Crippen LogP contribution in [0.15, 0.2) is 24.3 Å². The number of likely N-dealkylation sites (tertiary alicyclic amines) is 1. The van der Waals surface area contributed by atoms with Crippen LogP contribution in [0.2, 0.25) is 0 Å². The molecule has 17 heavy (non-hydrogen) atoms. The summed E-state index contributed by atoms with van der Waals surface area (Å²) >= 11 is 0. The summed E-state index contributed by atoms with van der Waals surface area (Å²) in [7, 11) is 0. The van der Waals surface area contributed by atoms with Gasteiger partial charge in [-0.05, 0) is 30.7 Å². The maximum Gasteiger partial charge on any atom is 0.127 e. The first-order chi connectivity index (χ1) is 8.22. The van der Waals surface area contributed by atoms with Crippen molar-refractivity contribution >= 4 is 0 Å². The molecule has 1 saturated heterocycles. The lowest BCUT2D eigenvalue weighted by Gasteiger charge is -2.18. The smallest absolute Gasteiger partial charge is 0.127 e. The van der Waals surface area contributed by atoms with Crippen molar-refractivity contribution in [3.63, 3.8) is 0 Å². The van der Waals surface area contributed by atoms with Gasteiger partial charge in [-0.15, -0.1) is 0 Å². The summed E-state index contributed by atoms with van der Waals surface area (Å²) in [5.74, 6) is 1.41. The van der Waals surface area contributed by atoms with E-state index in [0.29, 0.717) is 6.04 Å². The van der Waals surface area contributed by atoms with Crippen molar-refractivity contribution in [2.45, 2.75) is 25.4 Å². The molecule has 1 aromatic carbocycles. The molecule has 1 saturated carbocycles. The molecule has 1 aromatic rings. The van der Waals surface area contributed by atoms with E-state index in [0.717, 1.165) is 49.9 Å². The molecular weight excluding hydrogens is 215 g/mol. The first-order valence-corrected chi connectivity index (χ1v) is 6.43. The van der Waals surface area contributed by atoms with Crippen molar-refractivity contribution in [1.82, 2.24) is 4.90 Å². The van der Waals surface area contributed by atoms with E-state index in [1.165, 1.54) is 0 Å². The van der Waals surface area contributed by atoms with Crippen LogP contribution in [0.5, 0.6) is 0 Å². The van der Waals surface area contributed by atoms with Gasteiger partial charge in [0.05, 0.1) is 0 Å². The Kier molecular flexibility index (Phi) is 2.89. The zero-order chi connectivity index (χ0) is 11.8. The van der Waals surface area contributed by atoms with Crippen molar-refractivity contribution in [1.29, 1.82) is 0 Å². The number of benzene rings is 1. The molecule has 0 amide bonds. The van der Waals surface area contributed by atoms with Crippen LogP contribution in [0.1, 0.15) is 18.4 Å². The SMILES string of the molecule is N[C@H]1C[C@@H]2CN(Cc3ccccc3F)C[C@@H]2C1. The number of fused-ring (bicyclic) bond motifs is 1. The maximum atomic E-state index is 13.5. The molecule has 0 bridgehead atoms. The van der Waals surface area contributed by atoms with Gasteiger partial charge in [0, 0.05) is 31.2 Å². The lowest BCUT2D eigenvalue weighted by atomic mass is 10.0. The number of rotatable bonds is 2. The molecule has 0 aromatic heterocycles. The summed E-state index contributed by atoms with van der Waals surface area (Å²) in [4.78, 5) is 2.37. The fraction of sp³-hybridized carbons (Fsp3) is 0.571. The summed E-state index contributed by atoms with van der Waals surface area (Å²) in [6.45, 7) is 2.92. The molecule has 1 aliphatic heterocycles. The molecule has 92 valence electrons. The predicted molar refractivity (Wildman–Crippen MR) is 65.9 cm³/mol. The molecule has 1 heterocycles. The molecule has 2 aliphatic rings. The van der Waals surface area contributed by atoms with E-state index in [1.54, 1.807) is 12.1 Å². The van der Waals surface area contributed by atoms with Crippen LogP contribution in [0.4, 0.5) is 4.39 Å². The molecule has 3 atom stereocenters. The number of nitrogens with two attached hydrogens (primary N) is 1. The summed E-state index contributed by atoms with van der Waals surface area (Å²) < 4.78 is 13.5. The minimum Gasteiger partial charge on any atom is -0.328 e. The van der Waals surface area contributed by atoms with Crippen LogP contribution in [0.25, 0.3) is 0 Å². The summed E-state index contributed by atoms with van der Waals surface area (Å²) in [6, 6.07) is 7.49. The molecule has 2 nitrogen and oxygen atoms in total. The van der Waals surface area contributed by atoms with Gasteiger partial charge in [0.2, 0.25) is 0 Å². The van der Waals surface area contributed by atoms with Crippen molar-refractivity contribution in [2.75, 3.05) is 13.1 Å². The Hall–Kier alpha value is -0.930. The lowest BCUT2D eigenvalue weighted by molar-refractivity contribution is 0.295. The predicted octanol–water partition coefficient (Wildman–Crippen LogP) is 1.99. The fourth-order valence-corrected chi connectivity index (χ4v) is 3.44. The summed E-state index contributed by atoms with van der Waals surface area (Å²) in [6.07, 6.45) is 2.30. The molecular formula is C14H19FN2. The van der Waals surface area contributed by atoms with Crippen LogP contribution in [-0.2, 0) is 6.54 Å². The van der Waals surface area contributed by atoms with Gasteiger partial charge in [0.1, 0.15) is 5.82 Å². The molecule has 0 unspecified atom stereocenters. The second kappa shape index (κ2) is 4.39. The quantitative estimate of drug-likeness (QED) is 0.848. The number of hydrogen-bond donors (Lipinski definition) is 1. The van der Waals surface area contributed by atoms with Gasteiger partial charge in [-0.2, -0.15) is 0 Å². The first-order valence-electron chi connectivity index (χ1n) is 6.43. The van der Waals surface area contributed by atoms with Crippen molar-refractivity contribution in [3.8, 4) is 0 Å². The Labute approximate surface area is 102 Å². The molecule has 1 aliphatic carbocycles. The number of hydrogen-bond acceptors (Lipinski definition) is 2. The highest BCUT2D eigenvalue weighted by Gasteiger charge is 2.39. The van der Waals surface area contributed by atoms with Crippen LogP contribution in [0, 0.1) is 17.7 Å². The fourth-order valence-electron chi connectivity index (χ4n) is 3.44. The summed E-state index contributed by atoms with van der Waals surface area (Å²) in [5.41, 5.74) is 6.79. The van der Waals surface area contributed by atoms with Crippen molar-refractivity contribution in [3.05, 3.63) is 35.6 Å². The largest absolute Gasteiger partial charge is 0.328 e. The third kappa shape index (κ3) is 2.22. The normalized spacial score (nSPS) is 32.9. The van der Waals surface area contributed by atoms with Gasteiger partial charge in [-0.1, -0.05) is 18.2 Å². The molecule has 0 spiro atoms. The van der Waals surface area contributed by atoms with Crippen molar-refractivity contribution < 1.29 is 4.39 Å². The van der Waals surface area contributed by atoms with E-state index in [2.05, 4.69) is 4.90 Å². The Bertz CT molecular complexity index is 393. The minimum absolute atomic E-state index is 0.0822. The van der Waals surface area contributed by atoms with Gasteiger partial charge in [0.15, 0.2) is 0 Å². The maximum absolute atomic E-state index is 13.5. The van der Waals surface area contributed by atoms with Gasteiger partial charge in [-0.3, -0.25) is 4.90 Å². The second-order valence-corrected chi connectivity index (χ2v) is 5.54. The van der Waals surface area contributed by atoms with Crippen molar-refractivity contribution in [2.24, 2.45) is 17.6 Å². The lowest BCUT2D eigenvalue weighted by Crippen LogP contribution is -2.25. The third-order valence-electron chi connectivity index (χ3n) is 4.21. The van der Waals surface area contributed by atoms with E-state index >= 15 is 0 Å². The minimum atomic E-state index is -0.0822. The highest BCUT2D eigenvalue weighted by atomic mass is 19.1. The third-order valence-corrected chi connectivity index (χ3v) is 4.21. The zero-order valence-electron chi connectivity index (χ0n) is 9.98. The van der Waals surface area contributed by atoms with Gasteiger partial charge in [0.25, 0.3) is 0 Å². The van der Waals surface area contributed by atoms with E-state index in [4.69, 9.17) is 5.73 Å². The molecule has 0 radical (unpaired) electrons. The molecule has 2 N–H and O–H groups in total. The van der Waals surface area contributed by atoms with E-state index in [9.17, 15) is 4.39 Å². The Balaban J connectivity index is 1.64. The number of nitrogens with zero attached hydrogens (tertiary/aromatic N) is 1. The second-order valence-electron chi connectivity index (χ2n) is 5.54. The van der Waals surface area contributed by atoms with E-state index in [1.807, 2.05) is 12.1 Å². The molecule has 2 fully saturated rings. The highest BCUT2D eigenvalue weighted by molar-refractivity contribution is 5.17. The number of halogens is 1. The summed E-state index contributed by atoms with van der Waals surface area (Å²) in [5, 5.41) is 0.